The number of hydrogen-bond donors (Lipinski definition) is 2. The van der Waals surface area contributed by atoms with Gasteiger partial charge in [-0.1, -0.05) is 0 Å². The van der Waals surface area contributed by atoms with E-state index in [2.05, 4.69) is 0 Å². The summed E-state index contributed by atoms with van der Waals surface area (Å²) < 4.78 is 138. The van der Waals surface area contributed by atoms with E-state index in [4.69, 9.17) is 5.11 Å². The minimum absolute atomic E-state index is 0.278. The van der Waals surface area contributed by atoms with E-state index in [1.807, 2.05) is 0 Å². The van der Waals surface area contributed by atoms with Crippen molar-refractivity contribution in [3.05, 3.63) is 0 Å². The number of rotatable bonds is 9. The fourth-order valence-electron chi connectivity index (χ4n) is 1.41. The molecule has 1 atom stereocenters. The molecular formula is C10H13F9N2O4S. The Bertz CT molecular complexity index is 618. The van der Waals surface area contributed by atoms with Crippen LogP contribution in [0.3, 0.4) is 0 Å². The van der Waals surface area contributed by atoms with Gasteiger partial charge in [-0.05, 0) is 27.1 Å². The molecule has 0 heterocycles. The maximum absolute atomic E-state index is 13.4. The van der Waals surface area contributed by atoms with Gasteiger partial charge in [0.15, 0.2) is 0 Å². The van der Waals surface area contributed by atoms with Crippen molar-refractivity contribution in [1.82, 2.24) is 9.62 Å². The normalized spacial score (nSPS) is 16.0. The summed E-state index contributed by atoms with van der Waals surface area (Å²) in [6.45, 7) is -0.278. The van der Waals surface area contributed by atoms with Crippen molar-refractivity contribution in [3.8, 4) is 0 Å². The Balaban J connectivity index is 5.90. The summed E-state index contributed by atoms with van der Waals surface area (Å²) in [5.41, 5.74) is 0. The van der Waals surface area contributed by atoms with Gasteiger partial charge in [0.05, 0.1) is 0 Å². The molecular weight excluding hydrogens is 415 g/mol. The van der Waals surface area contributed by atoms with E-state index >= 15 is 0 Å². The van der Waals surface area contributed by atoms with Gasteiger partial charge in [0, 0.05) is 0 Å². The fraction of sp³-hybridized carbons (Fsp3) is 0.900. The van der Waals surface area contributed by atoms with Crippen molar-refractivity contribution in [2.24, 2.45) is 0 Å². The van der Waals surface area contributed by atoms with E-state index in [1.165, 1.54) is 19.0 Å². The summed E-state index contributed by atoms with van der Waals surface area (Å²) in [6, 6.07) is -2.48. The van der Waals surface area contributed by atoms with Crippen molar-refractivity contribution >= 4 is 16.0 Å². The number of sulfonamides is 1. The molecule has 0 radical (unpaired) electrons. The topological polar surface area (TPSA) is 86.7 Å². The van der Waals surface area contributed by atoms with Crippen LogP contribution >= 0.6 is 0 Å². The molecule has 1 unspecified atom stereocenters. The van der Waals surface area contributed by atoms with E-state index in [-0.39, 0.29) is 6.54 Å². The first-order valence-electron chi connectivity index (χ1n) is 6.32. The summed E-state index contributed by atoms with van der Waals surface area (Å²) in [4.78, 5) is 12.0. The van der Waals surface area contributed by atoms with Crippen molar-refractivity contribution in [3.63, 3.8) is 0 Å². The number of alkyl halides is 9. The SMILES string of the molecule is CN(C)CCC(NS(=O)(=O)C(F)(F)C(F)(F)C(F)(F)C(F)(F)F)C(=O)O. The molecule has 0 aromatic carbocycles. The van der Waals surface area contributed by atoms with Crippen molar-refractivity contribution in [2.75, 3.05) is 20.6 Å². The molecule has 16 heteroatoms. The van der Waals surface area contributed by atoms with Crippen LogP contribution in [0.15, 0.2) is 0 Å². The molecule has 0 aliphatic rings. The number of aliphatic carboxylic acids is 1. The van der Waals surface area contributed by atoms with Gasteiger partial charge in [-0.25, -0.2) is 8.42 Å². The number of carboxylic acid groups (broad SMARTS) is 1. The summed E-state index contributed by atoms with van der Waals surface area (Å²) in [7, 11) is -4.30. The van der Waals surface area contributed by atoms with Crippen LogP contribution in [0.4, 0.5) is 39.5 Å². The van der Waals surface area contributed by atoms with E-state index in [9.17, 15) is 52.7 Å². The molecule has 156 valence electrons. The summed E-state index contributed by atoms with van der Waals surface area (Å²) in [5, 5.41) is 1.72. The Labute approximate surface area is 141 Å². The second-order valence-corrected chi connectivity index (χ2v) is 7.02. The summed E-state index contributed by atoms with van der Waals surface area (Å²) in [5.74, 6) is -17.0. The van der Waals surface area contributed by atoms with Gasteiger partial charge >= 0.3 is 29.2 Å². The second kappa shape index (κ2) is 7.38. The molecule has 0 aliphatic heterocycles. The van der Waals surface area contributed by atoms with E-state index in [1.54, 1.807) is 0 Å². The van der Waals surface area contributed by atoms with Crippen LogP contribution in [0.25, 0.3) is 0 Å². The lowest BCUT2D eigenvalue weighted by Gasteiger charge is -2.33. The van der Waals surface area contributed by atoms with Crippen molar-refractivity contribution in [2.45, 2.75) is 35.7 Å². The van der Waals surface area contributed by atoms with Crippen LogP contribution in [0.5, 0.6) is 0 Å². The molecule has 0 amide bonds. The Morgan fingerprint density at radius 3 is 1.73 bits per heavy atom. The van der Waals surface area contributed by atoms with Gasteiger partial charge < -0.3 is 10.0 Å². The maximum Gasteiger partial charge on any atom is 0.460 e. The average molecular weight is 428 g/mol. The van der Waals surface area contributed by atoms with Crippen molar-refractivity contribution in [1.29, 1.82) is 0 Å². The number of hydrogen-bond acceptors (Lipinski definition) is 4. The first-order valence-corrected chi connectivity index (χ1v) is 7.80. The van der Waals surface area contributed by atoms with Gasteiger partial charge in [0.25, 0.3) is 10.0 Å². The lowest BCUT2D eigenvalue weighted by Crippen LogP contribution is -2.65. The maximum atomic E-state index is 13.4. The minimum Gasteiger partial charge on any atom is -0.480 e. The van der Waals surface area contributed by atoms with Gasteiger partial charge in [0.1, 0.15) is 6.04 Å². The highest BCUT2D eigenvalue weighted by atomic mass is 32.2. The molecule has 0 aromatic rings. The standard InChI is InChI=1S/C10H13F9N2O4S/c1-21(2)4-3-5(6(22)23)20-26(24,25)10(18,19)8(13,14)7(11,12)9(15,16)17/h5,20H,3-4H2,1-2H3,(H,22,23). The van der Waals surface area contributed by atoms with E-state index < -0.39 is 51.7 Å². The molecule has 26 heavy (non-hydrogen) atoms. The number of nitrogens with one attached hydrogen (secondary N) is 1. The molecule has 0 fully saturated rings. The molecule has 0 saturated carbocycles. The van der Waals surface area contributed by atoms with Crippen LogP contribution in [0.1, 0.15) is 6.42 Å². The highest BCUT2D eigenvalue weighted by Crippen LogP contribution is 2.54. The Morgan fingerprint density at radius 2 is 1.42 bits per heavy atom. The van der Waals surface area contributed by atoms with Crippen LogP contribution in [0.2, 0.25) is 0 Å². The van der Waals surface area contributed by atoms with Crippen LogP contribution in [-0.2, 0) is 14.8 Å². The predicted octanol–water partition coefficient (Wildman–Crippen LogP) is 1.74. The highest BCUT2D eigenvalue weighted by Gasteiger charge is 2.85. The smallest absolute Gasteiger partial charge is 0.460 e. The minimum atomic E-state index is -7.42. The number of halogens is 9. The van der Waals surface area contributed by atoms with Gasteiger partial charge in [-0.15, -0.1) is 0 Å². The van der Waals surface area contributed by atoms with E-state index in [0.717, 1.165) is 0 Å². The molecule has 6 nitrogen and oxygen atoms in total. The number of nitrogens with zero attached hydrogens (tertiary/aromatic N) is 1. The molecule has 0 rings (SSSR count). The van der Waals surface area contributed by atoms with Crippen LogP contribution in [0, 0.1) is 0 Å². The average Bonchev–Trinajstić information content (AvgIpc) is 2.40. The van der Waals surface area contributed by atoms with Crippen LogP contribution < -0.4 is 4.72 Å². The lowest BCUT2D eigenvalue weighted by molar-refractivity contribution is -0.382. The molecule has 2 N–H and O–H groups in total. The zero-order valence-electron chi connectivity index (χ0n) is 12.9. The van der Waals surface area contributed by atoms with E-state index in [0.29, 0.717) is 4.72 Å². The Kier molecular flexibility index (Phi) is 7.01. The molecule has 0 bridgehead atoms. The third kappa shape index (κ3) is 4.51. The molecule has 0 saturated heterocycles. The third-order valence-corrected chi connectivity index (χ3v) is 4.44. The number of carbonyl (C=O) groups is 1. The highest BCUT2D eigenvalue weighted by molar-refractivity contribution is 7.90. The molecule has 0 spiro atoms. The van der Waals surface area contributed by atoms with Gasteiger partial charge in [-0.2, -0.15) is 44.2 Å². The van der Waals surface area contributed by atoms with Crippen molar-refractivity contribution < 1.29 is 57.8 Å². The quantitative estimate of drug-likeness (QED) is 0.547. The largest absolute Gasteiger partial charge is 0.480 e. The lowest BCUT2D eigenvalue weighted by atomic mass is 10.1. The monoisotopic (exact) mass is 428 g/mol. The third-order valence-electron chi connectivity index (χ3n) is 2.91. The van der Waals surface area contributed by atoms with Gasteiger partial charge in [0.2, 0.25) is 0 Å². The second-order valence-electron chi connectivity index (χ2n) is 5.27. The molecule has 0 aromatic heterocycles. The van der Waals surface area contributed by atoms with Crippen LogP contribution in [-0.4, -0.2) is 74.4 Å². The molecule has 0 aliphatic carbocycles. The first-order chi connectivity index (χ1) is 11.2. The zero-order chi connectivity index (χ0) is 21.4. The first kappa shape index (κ1) is 24.7. The van der Waals surface area contributed by atoms with Gasteiger partial charge in [-0.3, -0.25) is 4.79 Å². The number of carboxylic acids is 1. The summed E-state index contributed by atoms with van der Waals surface area (Å²) in [6.07, 6.45) is -7.98. The zero-order valence-corrected chi connectivity index (χ0v) is 13.7. The Morgan fingerprint density at radius 1 is 1.00 bits per heavy atom. The summed E-state index contributed by atoms with van der Waals surface area (Å²) >= 11 is 0. The predicted molar refractivity (Wildman–Crippen MR) is 67.5 cm³/mol. The fourth-order valence-corrected chi connectivity index (χ4v) is 2.62. The Hall–Kier alpha value is -1.29.